The van der Waals surface area contributed by atoms with E-state index in [1.54, 1.807) is 0 Å². The van der Waals surface area contributed by atoms with Crippen LogP contribution in [0.5, 0.6) is 0 Å². The summed E-state index contributed by atoms with van der Waals surface area (Å²) >= 11 is 0. The molecule has 1 fully saturated rings. The lowest BCUT2D eigenvalue weighted by atomic mass is 9.81. The summed E-state index contributed by atoms with van der Waals surface area (Å²) in [5, 5.41) is 2.56. The van der Waals surface area contributed by atoms with Gasteiger partial charge in [-0.15, -0.1) is 0 Å². The molecule has 1 saturated carbocycles. The van der Waals surface area contributed by atoms with E-state index in [-0.39, 0.29) is 0 Å². The predicted molar refractivity (Wildman–Crippen MR) is 81.7 cm³/mol. The van der Waals surface area contributed by atoms with Crippen LogP contribution >= 0.6 is 0 Å². The van der Waals surface area contributed by atoms with Gasteiger partial charge in [-0.05, 0) is 25.0 Å². The molecule has 1 aliphatic carbocycles. The van der Waals surface area contributed by atoms with Crippen molar-refractivity contribution in [3.63, 3.8) is 0 Å². The van der Waals surface area contributed by atoms with Gasteiger partial charge in [0.25, 0.3) is 5.56 Å². The Morgan fingerprint density at radius 2 is 1.92 bits per heavy atom. The molecule has 1 heterocycles. The van der Waals surface area contributed by atoms with Gasteiger partial charge in [0.1, 0.15) is 17.6 Å². The van der Waals surface area contributed by atoms with Crippen LogP contribution < -0.4 is 10.9 Å². The molecule has 25 heavy (non-hydrogen) atoms. The molecule has 0 aromatic carbocycles. The number of esters is 1. The summed E-state index contributed by atoms with van der Waals surface area (Å²) in [7, 11) is 1.21. The molecule has 1 aromatic rings. The number of ether oxygens (including phenoxy) is 1. The molecule has 0 bridgehead atoms. The monoisotopic (exact) mass is 360 g/mol. The molecule has 1 N–H and O–H groups in total. The lowest BCUT2D eigenvalue weighted by Crippen LogP contribution is -2.57. The van der Waals surface area contributed by atoms with E-state index < -0.39 is 41.3 Å². The molecule has 0 aliphatic heterocycles. The van der Waals surface area contributed by atoms with Crippen molar-refractivity contribution in [3.8, 4) is 0 Å². The number of pyridine rings is 1. The second-order valence-electron chi connectivity index (χ2n) is 6.04. The van der Waals surface area contributed by atoms with Gasteiger partial charge in [0.15, 0.2) is 0 Å². The summed E-state index contributed by atoms with van der Waals surface area (Å²) < 4.78 is 43.8. The van der Waals surface area contributed by atoms with Crippen molar-refractivity contribution < 1.29 is 27.5 Å². The second kappa shape index (κ2) is 7.28. The topological polar surface area (TPSA) is 77.4 Å². The Hall–Kier alpha value is -2.32. The van der Waals surface area contributed by atoms with E-state index in [9.17, 15) is 27.6 Å². The average Bonchev–Trinajstić information content (AvgIpc) is 2.55. The third kappa shape index (κ3) is 4.21. The summed E-state index contributed by atoms with van der Waals surface area (Å²) in [5.74, 6) is -1.30. The van der Waals surface area contributed by atoms with E-state index in [1.807, 2.05) is 0 Å². The predicted octanol–water partition coefficient (Wildman–Crippen LogP) is 1.86. The molecule has 0 saturated heterocycles. The highest BCUT2D eigenvalue weighted by Crippen LogP contribution is 2.29. The molecule has 1 amide bonds. The number of nitrogens with one attached hydrogen (secondary N) is 1. The fourth-order valence-electron chi connectivity index (χ4n) is 3.07. The van der Waals surface area contributed by atoms with E-state index in [0.29, 0.717) is 23.5 Å². The molecule has 138 valence electrons. The minimum Gasteiger partial charge on any atom is -0.467 e. The Balaban J connectivity index is 2.19. The molecule has 6 nitrogen and oxygen atoms in total. The number of nitrogens with zero attached hydrogens (tertiary/aromatic N) is 1. The van der Waals surface area contributed by atoms with Crippen molar-refractivity contribution in [3.05, 3.63) is 34.2 Å². The Labute approximate surface area is 142 Å². The Morgan fingerprint density at radius 3 is 2.48 bits per heavy atom. The molecule has 0 atom stereocenters. The summed E-state index contributed by atoms with van der Waals surface area (Å²) in [5.41, 5.74) is -3.83. The number of carbonyl (C=O) groups is 2. The molecule has 0 radical (unpaired) electrons. The third-order valence-electron chi connectivity index (χ3n) is 4.30. The normalized spacial score (nSPS) is 17.0. The molecule has 2 rings (SSSR count). The van der Waals surface area contributed by atoms with Crippen LogP contribution in [0, 0.1) is 0 Å². The number of aromatic nitrogens is 1. The van der Waals surface area contributed by atoms with Crippen molar-refractivity contribution in [2.75, 3.05) is 7.11 Å². The Kier molecular flexibility index (Phi) is 5.54. The van der Waals surface area contributed by atoms with Crippen molar-refractivity contribution in [1.29, 1.82) is 0 Å². The molecule has 0 spiro atoms. The van der Waals surface area contributed by atoms with Crippen molar-refractivity contribution in [2.24, 2.45) is 0 Å². The van der Waals surface area contributed by atoms with Gasteiger partial charge in [0.05, 0.1) is 7.11 Å². The maximum absolute atomic E-state index is 12.8. The van der Waals surface area contributed by atoms with E-state index in [4.69, 9.17) is 4.74 Å². The molecular weight excluding hydrogens is 341 g/mol. The first kappa shape index (κ1) is 19.0. The van der Waals surface area contributed by atoms with Gasteiger partial charge < -0.3 is 14.6 Å². The van der Waals surface area contributed by atoms with Crippen molar-refractivity contribution >= 4 is 11.9 Å². The van der Waals surface area contributed by atoms with Crippen LogP contribution in [0.4, 0.5) is 13.2 Å². The van der Waals surface area contributed by atoms with E-state index in [2.05, 4.69) is 5.32 Å². The average molecular weight is 360 g/mol. The number of hydrogen-bond donors (Lipinski definition) is 1. The van der Waals surface area contributed by atoms with Crippen LogP contribution in [0.3, 0.4) is 0 Å². The zero-order valence-corrected chi connectivity index (χ0v) is 13.7. The van der Waals surface area contributed by atoms with Crippen LogP contribution in [0.15, 0.2) is 23.1 Å². The molecule has 1 aromatic heterocycles. The van der Waals surface area contributed by atoms with E-state index in [0.717, 1.165) is 31.5 Å². The van der Waals surface area contributed by atoms with Crippen LogP contribution in [0.25, 0.3) is 0 Å². The highest BCUT2D eigenvalue weighted by molar-refractivity contribution is 5.88. The molecule has 1 aliphatic rings. The van der Waals surface area contributed by atoms with Crippen LogP contribution in [-0.4, -0.2) is 29.1 Å². The van der Waals surface area contributed by atoms with Gasteiger partial charge in [0, 0.05) is 6.20 Å². The third-order valence-corrected chi connectivity index (χ3v) is 4.30. The van der Waals surface area contributed by atoms with Gasteiger partial charge in [-0.1, -0.05) is 19.3 Å². The van der Waals surface area contributed by atoms with Crippen molar-refractivity contribution in [1.82, 2.24) is 9.88 Å². The summed E-state index contributed by atoms with van der Waals surface area (Å²) in [6, 6.07) is 1.71. The standard InChI is InChI=1S/C16H19F3N2O4/c1-25-14(24)15(7-3-2-4-8-15)20-12(22)10-21-9-5-6-11(13(21)23)16(17,18)19/h5-6,9H,2-4,7-8,10H2,1H3,(H,20,22). The van der Waals surface area contributed by atoms with Gasteiger partial charge in [-0.2, -0.15) is 13.2 Å². The SMILES string of the molecule is COC(=O)C1(NC(=O)Cn2cccc(C(F)(F)F)c2=O)CCCCC1. The minimum atomic E-state index is -4.80. The first-order valence-corrected chi connectivity index (χ1v) is 7.86. The van der Waals surface area contributed by atoms with Gasteiger partial charge in [-0.25, -0.2) is 4.79 Å². The molecule has 0 unspecified atom stereocenters. The van der Waals surface area contributed by atoms with E-state index >= 15 is 0 Å². The number of amides is 1. The minimum absolute atomic E-state index is 0.392. The smallest absolute Gasteiger partial charge is 0.421 e. The van der Waals surface area contributed by atoms with E-state index in [1.165, 1.54) is 7.11 Å². The van der Waals surface area contributed by atoms with Gasteiger partial charge in [-0.3, -0.25) is 9.59 Å². The highest BCUT2D eigenvalue weighted by Gasteiger charge is 2.42. The lowest BCUT2D eigenvalue weighted by molar-refractivity contribution is -0.152. The number of carbonyl (C=O) groups excluding carboxylic acids is 2. The second-order valence-corrected chi connectivity index (χ2v) is 6.04. The maximum atomic E-state index is 12.8. The zero-order valence-electron chi connectivity index (χ0n) is 13.7. The summed E-state index contributed by atoms with van der Waals surface area (Å²) in [4.78, 5) is 36.2. The number of rotatable bonds is 4. The zero-order chi connectivity index (χ0) is 18.7. The first-order chi connectivity index (χ1) is 11.7. The fraction of sp³-hybridized carbons (Fsp3) is 0.562. The number of hydrogen-bond acceptors (Lipinski definition) is 4. The Morgan fingerprint density at radius 1 is 1.28 bits per heavy atom. The Bertz CT molecular complexity index is 706. The van der Waals surface area contributed by atoms with Crippen LogP contribution in [0.1, 0.15) is 37.7 Å². The van der Waals surface area contributed by atoms with Crippen molar-refractivity contribution in [2.45, 2.75) is 50.4 Å². The number of alkyl halides is 3. The molecular formula is C16H19F3N2O4. The maximum Gasteiger partial charge on any atom is 0.421 e. The highest BCUT2D eigenvalue weighted by atomic mass is 19.4. The van der Waals surface area contributed by atoms with Crippen LogP contribution in [-0.2, 0) is 27.0 Å². The number of methoxy groups -OCH3 is 1. The lowest BCUT2D eigenvalue weighted by Gasteiger charge is -2.35. The largest absolute Gasteiger partial charge is 0.467 e. The quantitative estimate of drug-likeness (QED) is 0.832. The van der Waals surface area contributed by atoms with Crippen LogP contribution in [0.2, 0.25) is 0 Å². The fourth-order valence-corrected chi connectivity index (χ4v) is 3.07. The first-order valence-electron chi connectivity index (χ1n) is 7.86. The summed E-state index contributed by atoms with van der Waals surface area (Å²) in [6.45, 7) is -0.610. The van der Waals surface area contributed by atoms with Gasteiger partial charge >= 0.3 is 12.1 Å². The molecule has 9 heteroatoms. The number of halogens is 3. The van der Waals surface area contributed by atoms with Gasteiger partial charge in [0.2, 0.25) is 5.91 Å². The summed E-state index contributed by atoms with van der Waals surface area (Å²) in [6.07, 6.45) is -0.554.